The van der Waals surface area contributed by atoms with Gasteiger partial charge in [-0.15, -0.1) is 0 Å². The number of fused-ring (bicyclic) bond motifs is 1. The molecule has 11 heteroatoms. The van der Waals surface area contributed by atoms with Gasteiger partial charge in [-0.2, -0.15) is 5.26 Å². The fraction of sp³-hybridized carbons (Fsp3) is 0.409. The van der Waals surface area contributed by atoms with Gasteiger partial charge in [0.05, 0.1) is 24.5 Å². The Balaban J connectivity index is 1.20. The summed E-state index contributed by atoms with van der Waals surface area (Å²) in [6, 6.07) is 6.95. The van der Waals surface area contributed by atoms with Gasteiger partial charge in [0.15, 0.2) is 11.5 Å². The lowest BCUT2D eigenvalue weighted by molar-refractivity contribution is -0.119. The largest absolute Gasteiger partial charge is 0.442 e. The first-order chi connectivity index (χ1) is 15.9. The molecule has 2 unspecified atom stereocenters. The Morgan fingerprint density at radius 1 is 1.27 bits per heavy atom. The summed E-state index contributed by atoms with van der Waals surface area (Å²) in [4.78, 5) is 34.8. The third-order valence-corrected chi connectivity index (χ3v) is 6.34. The number of benzene rings is 1. The first kappa shape index (κ1) is 20.9. The first-order valence-corrected chi connectivity index (χ1v) is 10.7. The molecule has 10 nitrogen and oxygen atoms in total. The minimum Gasteiger partial charge on any atom is -0.442 e. The number of piperidine rings is 1. The smallest absolute Gasteiger partial charge is 0.414 e. The zero-order valence-corrected chi connectivity index (χ0v) is 17.9. The highest BCUT2D eigenvalue weighted by atomic mass is 19.1. The Bertz CT molecular complexity index is 1140. The minimum absolute atomic E-state index is 0.187. The highest BCUT2D eigenvalue weighted by molar-refractivity contribution is 5.90. The number of aromatic nitrogens is 2. The highest BCUT2D eigenvalue weighted by Crippen LogP contribution is 2.48. The van der Waals surface area contributed by atoms with Crippen LogP contribution in [-0.2, 0) is 9.53 Å². The molecule has 2 saturated heterocycles. The maximum atomic E-state index is 15.0. The molecule has 33 heavy (non-hydrogen) atoms. The molecule has 3 aliphatic rings. The second-order valence-electron chi connectivity index (χ2n) is 8.46. The third-order valence-electron chi connectivity index (χ3n) is 6.34. The molecule has 0 radical (unpaired) electrons. The van der Waals surface area contributed by atoms with Gasteiger partial charge in [0.1, 0.15) is 18.0 Å². The molecule has 3 fully saturated rings. The van der Waals surface area contributed by atoms with Crippen LogP contribution in [0.5, 0.6) is 0 Å². The summed E-state index contributed by atoms with van der Waals surface area (Å²) in [6.07, 6.45) is 1.99. The van der Waals surface area contributed by atoms with E-state index in [0.717, 1.165) is 0 Å². The van der Waals surface area contributed by atoms with Gasteiger partial charge in [-0.1, -0.05) is 0 Å². The molecule has 1 aromatic carbocycles. The maximum Gasteiger partial charge on any atom is 0.414 e. The number of amides is 2. The van der Waals surface area contributed by atoms with Crippen molar-refractivity contribution in [1.82, 2.24) is 15.3 Å². The average molecular weight is 451 g/mol. The van der Waals surface area contributed by atoms with Crippen molar-refractivity contribution in [3.05, 3.63) is 42.1 Å². The molecule has 2 N–H and O–H groups in total. The van der Waals surface area contributed by atoms with E-state index in [1.807, 2.05) is 11.0 Å². The van der Waals surface area contributed by atoms with Gasteiger partial charge in [0.25, 0.3) is 0 Å². The fourth-order valence-corrected chi connectivity index (χ4v) is 4.64. The van der Waals surface area contributed by atoms with Crippen molar-refractivity contribution < 1.29 is 18.7 Å². The van der Waals surface area contributed by atoms with Crippen molar-refractivity contribution in [2.45, 2.75) is 19.1 Å². The Morgan fingerprint density at radius 2 is 2.03 bits per heavy atom. The molecule has 2 aromatic rings. The SMILES string of the molecule is CC(=O)NC[C@H]1CN(c2ccc(N3CC4C(C3)C4Nc3nccnc3C#N)c(F)c2)C(=O)O1. The third kappa shape index (κ3) is 4.00. The van der Waals surface area contributed by atoms with Crippen molar-refractivity contribution >= 4 is 29.2 Å². The summed E-state index contributed by atoms with van der Waals surface area (Å²) in [6.45, 7) is 3.22. The fourth-order valence-electron chi connectivity index (χ4n) is 4.64. The quantitative estimate of drug-likeness (QED) is 0.677. The number of hydrogen-bond acceptors (Lipinski definition) is 8. The van der Waals surface area contributed by atoms with Gasteiger partial charge in [0.2, 0.25) is 5.91 Å². The zero-order chi connectivity index (χ0) is 23.1. The van der Waals surface area contributed by atoms with Crippen molar-refractivity contribution in [2.24, 2.45) is 11.8 Å². The van der Waals surface area contributed by atoms with E-state index in [-0.39, 0.29) is 30.7 Å². The zero-order valence-electron chi connectivity index (χ0n) is 17.9. The minimum atomic E-state index is -0.561. The summed E-state index contributed by atoms with van der Waals surface area (Å²) in [5.74, 6) is 0.539. The lowest BCUT2D eigenvalue weighted by Crippen LogP contribution is -2.33. The standard InChI is InChI=1S/C22H22FN7O3/c1-12(31)27-8-14-9-30(22(32)33-14)13-2-3-19(17(23)6-13)29-10-15-16(11-29)20(15)28-21-18(7-24)25-4-5-26-21/h2-6,14-16,20H,8-11H2,1H3,(H,26,28)(H,27,31)/t14-,15?,16?,20?/m0/s1. The topological polar surface area (TPSA) is 123 Å². The van der Waals surface area contributed by atoms with Crippen LogP contribution in [0.4, 0.5) is 26.4 Å². The molecule has 0 spiro atoms. The van der Waals surface area contributed by atoms with Crippen molar-refractivity contribution in [3.8, 4) is 6.07 Å². The molecule has 3 heterocycles. The molecular weight excluding hydrogens is 429 g/mol. The number of anilines is 3. The summed E-state index contributed by atoms with van der Waals surface area (Å²) < 4.78 is 20.2. The van der Waals surface area contributed by atoms with E-state index in [1.165, 1.54) is 24.1 Å². The second-order valence-corrected chi connectivity index (χ2v) is 8.46. The molecular formula is C22H22FN7O3. The predicted octanol–water partition coefficient (Wildman–Crippen LogP) is 1.50. The number of hydrogen-bond donors (Lipinski definition) is 2. The van der Waals surface area contributed by atoms with E-state index in [0.29, 0.717) is 42.1 Å². The number of ether oxygens (including phenoxy) is 1. The van der Waals surface area contributed by atoms with Crippen LogP contribution in [0.3, 0.4) is 0 Å². The van der Waals surface area contributed by atoms with Gasteiger partial charge < -0.3 is 20.3 Å². The lowest BCUT2D eigenvalue weighted by Gasteiger charge is -2.24. The van der Waals surface area contributed by atoms with Crippen LogP contribution in [0.2, 0.25) is 0 Å². The molecule has 170 valence electrons. The Morgan fingerprint density at radius 3 is 2.73 bits per heavy atom. The lowest BCUT2D eigenvalue weighted by atomic mass is 10.2. The highest BCUT2D eigenvalue weighted by Gasteiger charge is 2.56. The van der Waals surface area contributed by atoms with Crippen molar-refractivity contribution in [1.29, 1.82) is 5.26 Å². The molecule has 5 rings (SSSR count). The summed E-state index contributed by atoms with van der Waals surface area (Å²) in [7, 11) is 0. The van der Waals surface area contributed by atoms with E-state index in [2.05, 4.69) is 20.6 Å². The predicted molar refractivity (Wildman–Crippen MR) is 116 cm³/mol. The maximum absolute atomic E-state index is 15.0. The van der Waals surface area contributed by atoms with Gasteiger partial charge in [-0.25, -0.2) is 19.2 Å². The number of rotatable bonds is 6. The molecule has 1 aliphatic carbocycles. The normalized spacial score (nSPS) is 25.3. The van der Waals surface area contributed by atoms with E-state index in [9.17, 15) is 14.0 Å². The van der Waals surface area contributed by atoms with E-state index >= 15 is 0 Å². The number of carbonyl (C=O) groups excluding carboxylic acids is 2. The van der Waals surface area contributed by atoms with Crippen LogP contribution in [-0.4, -0.2) is 60.3 Å². The monoisotopic (exact) mass is 451 g/mol. The number of cyclic esters (lactones) is 1. The molecule has 1 aromatic heterocycles. The number of nitriles is 1. The van der Waals surface area contributed by atoms with Crippen molar-refractivity contribution in [3.63, 3.8) is 0 Å². The number of carbonyl (C=O) groups is 2. The van der Waals surface area contributed by atoms with E-state index in [4.69, 9.17) is 10.00 Å². The average Bonchev–Trinajstić information content (AvgIpc) is 3.13. The molecule has 3 atom stereocenters. The van der Waals surface area contributed by atoms with Gasteiger partial charge in [-0.3, -0.25) is 9.69 Å². The molecule has 1 saturated carbocycles. The van der Waals surface area contributed by atoms with Crippen LogP contribution in [0.25, 0.3) is 0 Å². The van der Waals surface area contributed by atoms with Crippen LogP contribution >= 0.6 is 0 Å². The number of halogens is 1. The number of nitrogens with zero attached hydrogens (tertiary/aromatic N) is 5. The van der Waals surface area contributed by atoms with Gasteiger partial charge in [0, 0.05) is 50.3 Å². The molecule has 2 amide bonds. The van der Waals surface area contributed by atoms with Crippen LogP contribution < -0.4 is 20.4 Å². The van der Waals surface area contributed by atoms with Crippen LogP contribution in [0.1, 0.15) is 12.6 Å². The first-order valence-electron chi connectivity index (χ1n) is 10.7. The van der Waals surface area contributed by atoms with Crippen LogP contribution in [0, 0.1) is 29.0 Å². The van der Waals surface area contributed by atoms with Crippen molar-refractivity contribution in [2.75, 3.05) is 41.3 Å². The summed E-state index contributed by atoms with van der Waals surface area (Å²) in [5, 5.41) is 15.1. The Kier molecular flexibility index (Phi) is 5.20. The van der Waals surface area contributed by atoms with Gasteiger partial charge >= 0.3 is 6.09 Å². The summed E-state index contributed by atoms with van der Waals surface area (Å²) in [5.41, 5.74) is 1.17. The van der Waals surface area contributed by atoms with Gasteiger partial charge in [-0.05, 0) is 18.2 Å². The van der Waals surface area contributed by atoms with E-state index in [1.54, 1.807) is 18.3 Å². The molecule has 2 aliphatic heterocycles. The summed E-state index contributed by atoms with van der Waals surface area (Å²) >= 11 is 0. The number of nitrogens with one attached hydrogen (secondary N) is 2. The Labute approximate surface area is 189 Å². The van der Waals surface area contributed by atoms with Crippen LogP contribution in [0.15, 0.2) is 30.6 Å². The Hall–Kier alpha value is -3.94. The second kappa shape index (κ2) is 8.20. The molecule has 0 bridgehead atoms. The van der Waals surface area contributed by atoms with E-state index < -0.39 is 18.0 Å².